The van der Waals surface area contributed by atoms with Gasteiger partial charge in [0, 0.05) is 21.5 Å². The van der Waals surface area contributed by atoms with Crippen LogP contribution in [0.2, 0.25) is 5.02 Å². The molecule has 110 valence electrons. The number of hydrogen-bond acceptors (Lipinski definition) is 2. The number of aromatic nitrogens is 1. The number of carbonyl (C=O) groups is 2. The Kier molecular flexibility index (Phi) is 3.69. The molecule has 22 heavy (non-hydrogen) atoms. The molecule has 0 saturated carbocycles. The third-order valence-electron chi connectivity index (χ3n) is 3.41. The molecule has 0 fully saturated rings. The van der Waals surface area contributed by atoms with Crippen molar-refractivity contribution in [1.82, 2.24) is 4.98 Å². The van der Waals surface area contributed by atoms with E-state index in [0.717, 1.165) is 16.5 Å². The van der Waals surface area contributed by atoms with E-state index in [4.69, 9.17) is 16.7 Å². The van der Waals surface area contributed by atoms with Gasteiger partial charge in [-0.15, -0.1) is 0 Å². The van der Waals surface area contributed by atoms with Gasteiger partial charge < -0.3 is 10.1 Å². The first-order chi connectivity index (χ1) is 10.6. The van der Waals surface area contributed by atoms with Crippen LogP contribution in [0.25, 0.3) is 22.0 Å². The number of Topliss-reactive ketones (excluding diaryl/α,β-unsaturated/α-hetero) is 1. The summed E-state index contributed by atoms with van der Waals surface area (Å²) in [5, 5.41) is 10.2. The van der Waals surface area contributed by atoms with Gasteiger partial charge in [0.05, 0.1) is 5.69 Å². The van der Waals surface area contributed by atoms with E-state index in [0.29, 0.717) is 16.3 Å². The van der Waals surface area contributed by atoms with Crippen LogP contribution in [0.3, 0.4) is 0 Å². The normalized spacial score (nSPS) is 10.8. The molecule has 2 N–H and O–H groups in total. The maximum atomic E-state index is 12.3. The van der Waals surface area contributed by atoms with Crippen molar-refractivity contribution in [1.29, 1.82) is 0 Å². The molecular weight excluding hydrogens is 302 g/mol. The standard InChI is InChI=1S/C17H12ClNO3/c18-11-6-7-13-12(8-11)16(10-4-2-1-3-5-10)17(19-13)14(20)9-15(21)22/h1-8,19H,9H2,(H,21,22). The Morgan fingerprint density at radius 3 is 2.50 bits per heavy atom. The second kappa shape index (κ2) is 5.66. The van der Waals surface area contributed by atoms with Crippen LogP contribution >= 0.6 is 11.6 Å². The van der Waals surface area contributed by atoms with Crippen LogP contribution < -0.4 is 0 Å². The highest BCUT2D eigenvalue weighted by Crippen LogP contribution is 2.34. The Morgan fingerprint density at radius 1 is 1.09 bits per heavy atom. The zero-order valence-electron chi connectivity index (χ0n) is 11.5. The Morgan fingerprint density at radius 2 is 1.82 bits per heavy atom. The van der Waals surface area contributed by atoms with Crippen molar-refractivity contribution in [3.8, 4) is 11.1 Å². The van der Waals surface area contributed by atoms with Crippen molar-refractivity contribution < 1.29 is 14.7 Å². The van der Waals surface area contributed by atoms with Gasteiger partial charge in [0.15, 0.2) is 5.78 Å². The Labute approximate surface area is 131 Å². The van der Waals surface area contributed by atoms with Gasteiger partial charge in [-0.1, -0.05) is 41.9 Å². The SMILES string of the molecule is O=C(O)CC(=O)c1[nH]c2ccc(Cl)cc2c1-c1ccccc1. The smallest absolute Gasteiger partial charge is 0.311 e. The minimum atomic E-state index is -1.15. The monoisotopic (exact) mass is 313 g/mol. The van der Waals surface area contributed by atoms with E-state index in [1.54, 1.807) is 18.2 Å². The summed E-state index contributed by atoms with van der Waals surface area (Å²) >= 11 is 6.06. The van der Waals surface area contributed by atoms with Crippen LogP contribution in [-0.2, 0) is 4.79 Å². The number of rotatable bonds is 4. The zero-order valence-corrected chi connectivity index (χ0v) is 12.2. The average molecular weight is 314 g/mol. The predicted octanol–water partition coefficient (Wildman–Crippen LogP) is 4.15. The van der Waals surface area contributed by atoms with Gasteiger partial charge in [0.25, 0.3) is 0 Å². The highest BCUT2D eigenvalue weighted by molar-refractivity contribution is 6.31. The van der Waals surface area contributed by atoms with Gasteiger partial charge in [-0.2, -0.15) is 0 Å². The summed E-state index contributed by atoms with van der Waals surface area (Å²) in [5.74, 6) is -1.61. The summed E-state index contributed by atoms with van der Waals surface area (Å²) < 4.78 is 0. The molecule has 0 spiro atoms. The maximum Gasteiger partial charge on any atom is 0.311 e. The first-order valence-corrected chi connectivity index (χ1v) is 7.05. The van der Waals surface area contributed by atoms with Crippen molar-refractivity contribution >= 4 is 34.3 Å². The van der Waals surface area contributed by atoms with Gasteiger partial charge in [0.1, 0.15) is 6.42 Å². The molecule has 0 bridgehead atoms. The van der Waals surface area contributed by atoms with Gasteiger partial charge in [-0.25, -0.2) is 0 Å². The van der Waals surface area contributed by atoms with Gasteiger partial charge >= 0.3 is 5.97 Å². The average Bonchev–Trinajstić information content (AvgIpc) is 2.86. The number of H-pyrrole nitrogens is 1. The number of ketones is 1. The van der Waals surface area contributed by atoms with Crippen LogP contribution in [0.1, 0.15) is 16.9 Å². The van der Waals surface area contributed by atoms with E-state index in [9.17, 15) is 9.59 Å². The lowest BCUT2D eigenvalue weighted by atomic mass is 9.99. The molecule has 0 saturated heterocycles. The van der Waals surface area contributed by atoms with Crippen molar-refractivity contribution in [2.45, 2.75) is 6.42 Å². The molecule has 3 rings (SSSR count). The lowest BCUT2D eigenvalue weighted by molar-refractivity contribution is -0.135. The van der Waals surface area contributed by atoms with Crippen LogP contribution in [0.5, 0.6) is 0 Å². The van der Waals surface area contributed by atoms with Crippen LogP contribution in [0.15, 0.2) is 48.5 Å². The fourth-order valence-corrected chi connectivity index (χ4v) is 2.68. The Hall–Kier alpha value is -2.59. The lowest BCUT2D eigenvalue weighted by Gasteiger charge is -2.04. The van der Waals surface area contributed by atoms with Gasteiger partial charge in [-0.05, 0) is 23.8 Å². The quantitative estimate of drug-likeness (QED) is 0.561. The molecule has 2 aromatic carbocycles. The van der Waals surface area contributed by atoms with E-state index in [2.05, 4.69) is 4.98 Å². The molecular formula is C17H12ClNO3. The first-order valence-electron chi connectivity index (χ1n) is 6.68. The number of carboxylic acids is 1. The summed E-state index contributed by atoms with van der Waals surface area (Å²) in [6.45, 7) is 0. The Balaban J connectivity index is 2.27. The van der Waals surface area contributed by atoms with E-state index in [1.807, 2.05) is 30.3 Å². The number of benzene rings is 2. The van der Waals surface area contributed by atoms with E-state index < -0.39 is 18.2 Å². The fourth-order valence-electron chi connectivity index (χ4n) is 2.50. The third kappa shape index (κ3) is 2.61. The van der Waals surface area contributed by atoms with Gasteiger partial charge in [-0.3, -0.25) is 9.59 Å². The van der Waals surface area contributed by atoms with Crippen molar-refractivity contribution in [2.75, 3.05) is 0 Å². The largest absolute Gasteiger partial charge is 0.481 e. The summed E-state index contributed by atoms with van der Waals surface area (Å²) in [4.78, 5) is 26.1. The maximum absolute atomic E-state index is 12.3. The molecule has 0 aliphatic carbocycles. The van der Waals surface area contributed by atoms with E-state index >= 15 is 0 Å². The zero-order chi connectivity index (χ0) is 15.7. The number of nitrogens with one attached hydrogen (secondary N) is 1. The minimum Gasteiger partial charge on any atom is -0.481 e. The van der Waals surface area contributed by atoms with Crippen molar-refractivity contribution in [3.05, 3.63) is 59.2 Å². The first kappa shape index (κ1) is 14.4. The summed E-state index contributed by atoms with van der Waals surface area (Å²) in [6, 6.07) is 14.6. The third-order valence-corrected chi connectivity index (χ3v) is 3.65. The van der Waals surface area contributed by atoms with E-state index in [1.165, 1.54) is 0 Å². The van der Waals surface area contributed by atoms with E-state index in [-0.39, 0.29) is 0 Å². The fraction of sp³-hybridized carbons (Fsp3) is 0.0588. The Bertz CT molecular complexity index is 868. The second-order valence-electron chi connectivity index (χ2n) is 4.92. The molecule has 0 atom stereocenters. The van der Waals surface area contributed by atoms with Crippen LogP contribution in [0, 0.1) is 0 Å². The lowest BCUT2D eigenvalue weighted by Crippen LogP contribution is -2.08. The summed E-state index contributed by atoms with van der Waals surface area (Å²) in [5.41, 5.74) is 2.57. The number of halogens is 1. The number of aliphatic carboxylic acids is 1. The van der Waals surface area contributed by atoms with Gasteiger partial charge in [0.2, 0.25) is 0 Å². The molecule has 1 heterocycles. The summed E-state index contributed by atoms with van der Waals surface area (Å²) in [7, 11) is 0. The molecule has 5 heteroatoms. The molecule has 0 aliphatic heterocycles. The topological polar surface area (TPSA) is 70.2 Å². The number of hydrogen-bond donors (Lipinski definition) is 2. The number of carbonyl (C=O) groups excluding carboxylic acids is 1. The molecule has 4 nitrogen and oxygen atoms in total. The highest BCUT2D eigenvalue weighted by Gasteiger charge is 2.21. The van der Waals surface area contributed by atoms with Crippen molar-refractivity contribution in [3.63, 3.8) is 0 Å². The molecule has 0 unspecified atom stereocenters. The van der Waals surface area contributed by atoms with Crippen molar-refractivity contribution in [2.24, 2.45) is 0 Å². The molecule has 0 aliphatic rings. The number of fused-ring (bicyclic) bond motifs is 1. The summed E-state index contributed by atoms with van der Waals surface area (Å²) in [6.07, 6.45) is -0.555. The van der Waals surface area contributed by atoms with Crippen LogP contribution in [0.4, 0.5) is 0 Å². The highest BCUT2D eigenvalue weighted by atomic mass is 35.5. The number of carboxylic acid groups (broad SMARTS) is 1. The van der Waals surface area contributed by atoms with Crippen LogP contribution in [-0.4, -0.2) is 21.8 Å². The molecule has 0 amide bonds. The predicted molar refractivity (Wildman–Crippen MR) is 85.3 cm³/mol. The minimum absolute atomic E-state index is 0.297. The number of aromatic amines is 1. The molecule has 3 aromatic rings. The second-order valence-corrected chi connectivity index (χ2v) is 5.36. The molecule has 0 radical (unpaired) electrons. The molecule has 1 aromatic heterocycles.